The Bertz CT molecular complexity index is 1570. The number of hydrogen-bond donors (Lipinski definition) is 2. The molecule has 0 radical (unpaired) electrons. The minimum atomic E-state index is -3.07. The number of halogens is 2. The summed E-state index contributed by atoms with van der Waals surface area (Å²) in [4.78, 5) is 16.9. The van der Waals surface area contributed by atoms with E-state index in [0.29, 0.717) is 46.6 Å². The average Bonchev–Trinajstić information content (AvgIpc) is 3.42. The van der Waals surface area contributed by atoms with E-state index in [1.807, 2.05) is 13.0 Å². The number of ether oxygens (including phenoxy) is 3. The number of benzene rings is 2. The Morgan fingerprint density at radius 2 is 2.02 bits per heavy atom. The number of aromatic nitrogens is 4. The zero-order valence-corrected chi connectivity index (χ0v) is 22.2. The van der Waals surface area contributed by atoms with Crippen molar-refractivity contribution in [3.8, 4) is 23.1 Å². The van der Waals surface area contributed by atoms with Crippen LogP contribution in [0.5, 0.6) is 23.1 Å². The molecule has 0 aliphatic carbocycles. The third kappa shape index (κ3) is 5.41. The first-order valence-corrected chi connectivity index (χ1v) is 12.4. The van der Waals surface area contributed by atoms with Crippen LogP contribution in [0.3, 0.4) is 0 Å². The van der Waals surface area contributed by atoms with E-state index in [0.717, 1.165) is 5.56 Å². The van der Waals surface area contributed by atoms with E-state index in [2.05, 4.69) is 42.4 Å². The number of anilines is 1. The number of nitrogens with one attached hydrogen (secondary N) is 2. The minimum absolute atomic E-state index is 0.110. The molecule has 2 N–H and O–H groups in total. The molecule has 1 fully saturated rings. The van der Waals surface area contributed by atoms with Gasteiger partial charge in [0.1, 0.15) is 24.2 Å². The molecule has 40 heavy (non-hydrogen) atoms. The molecule has 1 atom stereocenters. The molecule has 1 unspecified atom stereocenters. The van der Waals surface area contributed by atoms with Crippen LogP contribution in [0.25, 0.3) is 5.65 Å². The van der Waals surface area contributed by atoms with Crippen molar-refractivity contribution in [1.82, 2.24) is 24.9 Å². The predicted octanol–water partition coefficient (Wildman–Crippen LogP) is 4.43. The molecule has 3 heterocycles. The number of fused-ring (bicyclic) bond motifs is 1. The Morgan fingerprint density at radius 1 is 1.20 bits per heavy atom. The van der Waals surface area contributed by atoms with E-state index in [-0.39, 0.29) is 17.9 Å². The average molecular weight is 551 g/mol. The van der Waals surface area contributed by atoms with E-state index in [9.17, 15) is 8.78 Å². The first-order valence-electron chi connectivity index (χ1n) is 12.4. The van der Waals surface area contributed by atoms with Crippen LogP contribution >= 0.6 is 0 Å². The molecule has 13 heteroatoms. The lowest BCUT2D eigenvalue weighted by atomic mass is 10.0. The van der Waals surface area contributed by atoms with Gasteiger partial charge in [0, 0.05) is 25.2 Å². The van der Waals surface area contributed by atoms with E-state index in [1.54, 1.807) is 37.4 Å². The second-order valence-corrected chi connectivity index (χ2v) is 9.05. The molecular weight excluding hydrogens is 522 g/mol. The van der Waals surface area contributed by atoms with Crippen LogP contribution in [0, 0.1) is 6.92 Å². The standard InChI is InChI=1S/C27H28F2N8O3/c1-16-11-17(5-7-19(16)39-23-12-22-33-14-35-37(22)15-34-23)36-26(31-3)24-18(30-2)6-8-20(38-4)25(24)40-21-9-10-32-13-27(21,28)29/h5-8,11-12,14-15,21,32H,2,9-10,13H2,1,3-4H3,(H,31,36). The SMILES string of the molecule is C=Nc1ccc(OC)c(OC2CCNCC2(F)F)c1C(=NC)Nc1ccc(Oc2cc3ncnn3cn2)c(C)c1. The van der Waals surface area contributed by atoms with Gasteiger partial charge >= 0.3 is 0 Å². The van der Waals surface area contributed by atoms with Gasteiger partial charge in [-0.1, -0.05) is 0 Å². The predicted molar refractivity (Wildman–Crippen MR) is 147 cm³/mol. The first kappa shape index (κ1) is 26.9. The molecule has 0 spiro atoms. The molecule has 1 aliphatic rings. The van der Waals surface area contributed by atoms with Gasteiger partial charge in [-0.2, -0.15) is 5.10 Å². The van der Waals surface area contributed by atoms with Crippen molar-refractivity contribution >= 4 is 29.6 Å². The second-order valence-electron chi connectivity index (χ2n) is 9.05. The van der Waals surface area contributed by atoms with E-state index in [1.165, 1.54) is 24.3 Å². The number of nitrogens with zero attached hydrogens (tertiary/aromatic N) is 6. The largest absolute Gasteiger partial charge is 0.493 e. The molecule has 0 saturated carbocycles. The van der Waals surface area contributed by atoms with Crippen LogP contribution in [0.2, 0.25) is 0 Å². The number of piperidine rings is 1. The van der Waals surface area contributed by atoms with Crippen molar-refractivity contribution in [1.29, 1.82) is 0 Å². The summed E-state index contributed by atoms with van der Waals surface area (Å²) in [6.07, 6.45) is 1.71. The number of methoxy groups -OCH3 is 1. The van der Waals surface area contributed by atoms with Crippen LogP contribution < -0.4 is 24.8 Å². The van der Waals surface area contributed by atoms with Crippen LogP contribution in [0.4, 0.5) is 20.2 Å². The summed E-state index contributed by atoms with van der Waals surface area (Å²) in [7, 11) is 3.02. The molecule has 2 aromatic heterocycles. The third-order valence-corrected chi connectivity index (χ3v) is 6.43. The lowest BCUT2D eigenvalue weighted by molar-refractivity contribution is -0.109. The van der Waals surface area contributed by atoms with Gasteiger partial charge in [-0.3, -0.25) is 9.98 Å². The summed E-state index contributed by atoms with van der Waals surface area (Å²) >= 11 is 0. The summed E-state index contributed by atoms with van der Waals surface area (Å²) in [6.45, 7) is 5.46. The minimum Gasteiger partial charge on any atom is -0.493 e. The molecule has 11 nitrogen and oxygen atoms in total. The van der Waals surface area contributed by atoms with Crippen LogP contribution in [0.15, 0.2) is 59.0 Å². The van der Waals surface area contributed by atoms with E-state index >= 15 is 0 Å². The van der Waals surface area contributed by atoms with Crippen molar-refractivity contribution in [2.75, 3.05) is 32.6 Å². The molecule has 208 valence electrons. The number of aryl methyl sites for hydroxylation is 1. The fourth-order valence-electron chi connectivity index (χ4n) is 4.38. The fraction of sp³-hybridized carbons (Fsp3) is 0.296. The van der Waals surface area contributed by atoms with Gasteiger partial charge in [-0.05, 0) is 56.1 Å². The highest BCUT2D eigenvalue weighted by Crippen LogP contribution is 2.41. The van der Waals surface area contributed by atoms with Crippen molar-refractivity contribution in [3.63, 3.8) is 0 Å². The lowest BCUT2D eigenvalue weighted by Gasteiger charge is -2.33. The fourth-order valence-corrected chi connectivity index (χ4v) is 4.38. The Kier molecular flexibility index (Phi) is 7.56. The maximum Gasteiger partial charge on any atom is 0.296 e. The van der Waals surface area contributed by atoms with Crippen molar-refractivity contribution in [2.45, 2.75) is 25.4 Å². The smallest absolute Gasteiger partial charge is 0.296 e. The van der Waals surface area contributed by atoms with Crippen molar-refractivity contribution in [3.05, 3.63) is 60.2 Å². The van der Waals surface area contributed by atoms with Crippen LogP contribution in [-0.4, -0.2) is 71.4 Å². The Morgan fingerprint density at radius 3 is 2.75 bits per heavy atom. The summed E-state index contributed by atoms with van der Waals surface area (Å²) in [5, 5.41) is 9.99. The monoisotopic (exact) mass is 550 g/mol. The topological polar surface area (TPSA) is 120 Å². The van der Waals surface area contributed by atoms with Crippen LogP contribution in [-0.2, 0) is 0 Å². The first-order chi connectivity index (χ1) is 19.3. The van der Waals surface area contributed by atoms with Gasteiger partial charge in [0.25, 0.3) is 5.92 Å². The van der Waals surface area contributed by atoms with Gasteiger partial charge < -0.3 is 24.8 Å². The molecule has 0 bridgehead atoms. The number of hydrogen-bond acceptors (Lipinski definition) is 9. The molecule has 1 aliphatic heterocycles. The highest BCUT2D eigenvalue weighted by molar-refractivity contribution is 6.13. The van der Waals surface area contributed by atoms with Crippen molar-refractivity contribution in [2.24, 2.45) is 9.98 Å². The molecule has 5 rings (SSSR count). The number of rotatable bonds is 8. The summed E-state index contributed by atoms with van der Waals surface area (Å²) in [5.41, 5.74) is 2.84. The second kappa shape index (κ2) is 11.2. The number of amidine groups is 1. The summed E-state index contributed by atoms with van der Waals surface area (Å²) in [6, 6.07) is 10.4. The Hall–Kier alpha value is -4.65. The normalized spacial score (nSPS) is 16.9. The van der Waals surface area contributed by atoms with Gasteiger partial charge in [-0.15, -0.1) is 0 Å². The molecule has 4 aromatic rings. The molecule has 2 aromatic carbocycles. The van der Waals surface area contributed by atoms with E-state index < -0.39 is 18.6 Å². The zero-order chi connectivity index (χ0) is 28.3. The molecule has 0 amide bonds. The van der Waals surface area contributed by atoms with Crippen molar-refractivity contribution < 1.29 is 23.0 Å². The van der Waals surface area contributed by atoms with E-state index in [4.69, 9.17) is 14.2 Å². The lowest BCUT2D eigenvalue weighted by Crippen LogP contribution is -2.52. The summed E-state index contributed by atoms with van der Waals surface area (Å²) in [5.74, 6) is -1.40. The number of alkyl halides is 2. The zero-order valence-electron chi connectivity index (χ0n) is 22.2. The van der Waals surface area contributed by atoms with Crippen LogP contribution in [0.1, 0.15) is 17.5 Å². The third-order valence-electron chi connectivity index (χ3n) is 6.43. The van der Waals surface area contributed by atoms with Gasteiger partial charge in [0.05, 0.1) is 24.9 Å². The highest BCUT2D eigenvalue weighted by Gasteiger charge is 2.44. The van der Waals surface area contributed by atoms with Gasteiger partial charge in [0.15, 0.2) is 23.3 Å². The highest BCUT2D eigenvalue weighted by atomic mass is 19.3. The van der Waals surface area contributed by atoms with Gasteiger partial charge in [-0.25, -0.2) is 23.3 Å². The number of aliphatic imine (C=N–C) groups is 2. The summed E-state index contributed by atoms with van der Waals surface area (Å²) < 4.78 is 48.3. The maximum atomic E-state index is 14.7. The maximum absolute atomic E-state index is 14.7. The molecular formula is C27H28F2N8O3. The molecule has 1 saturated heterocycles. The quantitative estimate of drug-likeness (QED) is 0.244. The van der Waals surface area contributed by atoms with Gasteiger partial charge in [0.2, 0.25) is 5.88 Å². The Balaban J connectivity index is 1.44. The Labute approximate surface area is 228 Å².